The molecule has 0 spiro atoms. The van der Waals surface area contributed by atoms with Gasteiger partial charge in [0.2, 0.25) is 0 Å². The Labute approximate surface area is 122 Å². The summed E-state index contributed by atoms with van der Waals surface area (Å²) in [6.07, 6.45) is 0. The lowest BCUT2D eigenvalue weighted by atomic mass is 10.2. The van der Waals surface area contributed by atoms with E-state index in [1.165, 1.54) is 10.5 Å². The van der Waals surface area contributed by atoms with Gasteiger partial charge in [-0.25, -0.2) is 0 Å². The maximum Gasteiger partial charge on any atom is 0.321 e. The van der Waals surface area contributed by atoms with Gasteiger partial charge in [0.05, 0.1) is 0 Å². The third kappa shape index (κ3) is 4.44. The molecule has 0 amide bonds. The zero-order chi connectivity index (χ0) is 13.7. The van der Waals surface area contributed by atoms with Crippen molar-refractivity contribution in [2.75, 3.05) is 30.3 Å². The second-order valence-electron chi connectivity index (χ2n) is 4.63. The summed E-state index contributed by atoms with van der Waals surface area (Å²) in [6.45, 7) is 3.81. The summed E-state index contributed by atoms with van der Waals surface area (Å²) in [7, 11) is 0. The predicted molar refractivity (Wildman–Crippen MR) is 82.2 cm³/mol. The summed E-state index contributed by atoms with van der Waals surface area (Å²) < 4.78 is 0. The van der Waals surface area contributed by atoms with Gasteiger partial charge >= 0.3 is 5.97 Å². The first-order chi connectivity index (χ1) is 9.16. The van der Waals surface area contributed by atoms with E-state index in [1.54, 1.807) is 23.5 Å². The number of aliphatic carboxylic acids is 1. The number of hydrogen-bond donors (Lipinski definition) is 1. The van der Waals surface area contributed by atoms with Gasteiger partial charge < -0.3 is 5.11 Å². The normalized spacial score (nSPS) is 20.4. The van der Waals surface area contributed by atoms with E-state index in [4.69, 9.17) is 0 Å². The minimum absolute atomic E-state index is 0.308. The lowest BCUT2D eigenvalue weighted by molar-refractivity contribution is -0.142. The summed E-state index contributed by atoms with van der Waals surface area (Å²) in [5.41, 5.74) is 1.27. The summed E-state index contributed by atoms with van der Waals surface area (Å²) in [6, 6.07) is 8.17. The van der Waals surface area contributed by atoms with Gasteiger partial charge in [-0.15, -0.1) is 11.8 Å². The van der Waals surface area contributed by atoms with E-state index in [-0.39, 0.29) is 6.04 Å². The fourth-order valence-corrected chi connectivity index (χ4v) is 4.05. The first-order valence-electron chi connectivity index (χ1n) is 6.41. The topological polar surface area (TPSA) is 40.5 Å². The Morgan fingerprint density at radius 2 is 2.21 bits per heavy atom. The number of thioether (sulfide) groups is 2. The van der Waals surface area contributed by atoms with Gasteiger partial charge in [-0.05, 0) is 19.1 Å². The third-order valence-electron chi connectivity index (χ3n) is 3.19. The van der Waals surface area contributed by atoms with Crippen LogP contribution in [-0.2, 0) is 4.79 Å². The molecule has 1 N–H and O–H groups in total. The highest BCUT2D eigenvalue weighted by Gasteiger charge is 2.28. The van der Waals surface area contributed by atoms with Crippen molar-refractivity contribution in [3.05, 3.63) is 29.8 Å². The monoisotopic (exact) mass is 297 g/mol. The van der Waals surface area contributed by atoms with Gasteiger partial charge in [0.1, 0.15) is 6.04 Å². The fourth-order valence-electron chi connectivity index (χ4n) is 2.05. The number of carboxylic acids is 1. The van der Waals surface area contributed by atoms with Crippen LogP contribution in [0.4, 0.5) is 0 Å². The average Bonchev–Trinajstić information content (AvgIpc) is 2.41. The van der Waals surface area contributed by atoms with E-state index in [0.29, 0.717) is 5.75 Å². The molecule has 1 aliphatic rings. The molecule has 1 aliphatic heterocycles. The Morgan fingerprint density at radius 3 is 2.89 bits per heavy atom. The summed E-state index contributed by atoms with van der Waals surface area (Å²) in [5, 5.41) is 9.19. The fraction of sp³-hybridized carbons (Fsp3) is 0.500. The Bertz CT molecular complexity index is 422. The zero-order valence-electron chi connectivity index (χ0n) is 11.0. The Hall–Kier alpha value is -0.650. The van der Waals surface area contributed by atoms with Gasteiger partial charge in [0.15, 0.2) is 0 Å². The van der Waals surface area contributed by atoms with Crippen LogP contribution in [0, 0.1) is 6.92 Å². The largest absolute Gasteiger partial charge is 0.480 e. The zero-order valence-corrected chi connectivity index (χ0v) is 12.7. The van der Waals surface area contributed by atoms with E-state index in [1.807, 2.05) is 0 Å². The molecular formula is C14H19NO2S2. The van der Waals surface area contributed by atoms with Crippen LogP contribution in [0.15, 0.2) is 29.2 Å². The van der Waals surface area contributed by atoms with E-state index in [2.05, 4.69) is 36.1 Å². The number of nitrogens with zero attached hydrogens (tertiary/aromatic N) is 1. The third-order valence-corrected chi connectivity index (χ3v) is 5.21. The highest BCUT2D eigenvalue weighted by atomic mass is 32.2. The molecule has 104 valence electrons. The molecule has 0 radical (unpaired) electrons. The number of hydrogen-bond acceptors (Lipinski definition) is 4. The molecule has 1 atom stereocenters. The first kappa shape index (κ1) is 14.8. The van der Waals surface area contributed by atoms with Crippen molar-refractivity contribution in [3.8, 4) is 0 Å². The molecule has 0 aromatic heterocycles. The molecule has 1 aromatic rings. The van der Waals surface area contributed by atoms with Gasteiger partial charge in [0.25, 0.3) is 0 Å². The molecule has 0 bridgehead atoms. The molecule has 1 aromatic carbocycles. The number of benzene rings is 1. The van der Waals surface area contributed by atoms with Crippen LogP contribution in [0.3, 0.4) is 0 Å². The molecule has 1 saturated heterocycles. The van der Waals surface area contributed by atoms with Crippen LogP contribution < -0.4 is 0 Å². The molecule has 0 saturated carbocycles. The van der Waals surface area contributed by atoms with E-state index in [9.17, 15) is 9.90 Å². The van der Waals surface area contributed by atoms with E-state index in [0.717, 1.165) is 24.6 Å². The SMILES string of the molecule is Cc1ccc(SCCN2CCSCC2C(=O)O)cc1. The van der Waals surface area contributed by atoms with Crippen LogP contribution in [-0.4, -0.2) is 52.4 Å². The molecule has 5 heteroatoms. The lowest BCUT2D eigenvalue weighted by Crippen LogP contribution is -2.48. The molecule has 1 unspecified atom stereocenters. The van der Waals surface area contributed by atoms with Crippen LogP contribution >= 0.6 is 23.5 Å². The van der Waals surface area contributed by atoms with Crippen LogP contribution in [0.1, 0.15) is 5.56 Å². The second kappa shape index (κ2) is 7.22. The molecule has 0 aliphatic carbocycles. The highest BCUT2D eigenvalue weighted by Crippen LogP contribution is 2.21. The number of rotatable bonds is 5. The Balaban J connectivity index is 1.80. The molecule has 1 heterocycles. The summed E-state index contributed by atoms with van der Waals surface area (Å²) >= 11 is 3.53. The maximum atomic E-state index is 11.2. The number of aryl methyl sites for hydroxylation is 1. The first-order valence-corrected chi connectivity index (χ1v) is 8.55. The van der Waals surface area contributed by atoms with Gasteiger partial charge in [-0.3, -0.25) is 9.69 Å². The van der Waals surface area contributed by atoms with E-state index >= 15 is 0 Å². The van der Waals surface area contributed by atoms with Gasteiger partial charge in [-0.2, -0.15) is 11.8 Å². The number of carbonyl (C=O) groups is 1. The summed E-state index contributed by atoms with van der Waals surface area (Å²) in [4.78, 5) is 14.5. The summed E-state index contributed by atoms with van der Waals surface area (Å²) in [5.74, 6) is 2.01. The Kier molecular flexibility index (Phi) is 5.60. The van der Waals surface area contributed by atoms with Crippen LogP contribution in [0.2, 0.25) is 0 Å². The predicted octanol–water partition coefficient (Wildman–Crippen LogP) is 2.59. The van der Waals surface area contributed by atoms with Gasteiger partial charge in [-0.1, -0.05) is 17.7 Å². The van der Waals surface area contributed by atoms with Crippen molar-refractivity contribution < 1.29 is 9.90 Å². The van der Waals surface area contributed by atoms with Crippen LogP contribution in [0.5, 0.6) is 0 Å². The maximum absolute atomic E-state index is 11.2. The lowest BCUT2D eigenvalue weighted by Gasteiger charge is -2.32. The minimum Gasteiger partial charge on any atom is -0.480 e. The molecular weight excluding hydrogens is 278 g/mol. The number of carboxylic acid groups (broad SMARTS) is 1. The van der Waals surface area contributed by atoms with Crippen molar-refractivity contribution in [1.29, 1.82) is 0 Å². The van der Waals surface area contributed by atoms with Crippen molar-refractivity contribution in [2.24, 2.45) is 0 Å². The minimum atomic E-state index is -0.687. The smallest absolute Gasteiger partial charge is 0.321 e. The van der Waals surface area contributed by atoms with Crippen molar-refractivity contribution >= 4 is 29.5 Å². The Morgan fingerprint density at radius 1 is 1.47 bits per heavy atom. The van der Waals surface area contributed by atoms with Crippen LogP contribution in [0.25, 0.3) is 0 Å². The quantitative estimate of drug-likeness (QED) is 0.846. The van der Waals surface area contributed by atoms with E-state index < -0.39 is 5.97 Å². The molecule has 2 rings (SSSR count). The molecule has 3 nitrogen and oxygen atoms in total. The van der Waals surface area contributed by atoms with Gasteiger partial charge in [0, 0.05) is 35.2 Å². The molecule has 19 heavy (non-hydrogen) atoms. The standard InChI is InChI=1S/C14H19NO2S2/c1-11-2-4-12(5-3-11)19-9-7-15-6-8-18-10-13(15)14(16)17/h2-5,13H,6-10H2,1H3,(H,16,17). The highest BCUT2D eigenvalue weighted by molar-refractivity contribution is 7.99. The molecule has 1 fully saturated rings. The van der Waals surface area contributed by atoms with Crippen molar-refractivity contribution in [1.82, 2.24) is 4.90 Å². The van der Waals surface area contributed by atoms with Crippen molar-refractivity contribution in [2.45, 2.75) is 17.9 Å². The second-order valence-corrected chi connectivity index (χ2v) is 6.94. The van der Waals surface area contributed by atoms with Crippen molar-refractivity contribution in [3.63, 3.8) is 0 Å². The average molecular weight is 297 g/mol.